The van der Waals surface area contributed by atoms with Gasteiger partial charge in [0.25, 0.3) is 0 Å². The first-order valence-corrected chi connectivity index (χ1v) is 3.93. The van der Waals surface area contributed by atoms with Crippen LogP contribution in [0.2, 0.25) is 0 Å². The Morgan fingerprint density at radius 1 is 1.55 bits per heavy atom. The summed E-state index contributed by atoms with van der Waals surface area (Å²) < 4.78 is 0. The second kappa shape index (κ2) is 1.95. The molecular formula is C7H12N2O2. The molecule has 2 aliphatic rings. The second-order valence-corrected chi connectivity index (χ2v) is 3.55. The largest absolute Gasteiger partial charge is 0.294 e. The number of hydrogen-bond donors (Lipinski definition) is 1. The number of hydrazine groups is 1. The molecule has 0 saturated carbocycles. The van der Waals surface area contributed by atoms with Crippen molar-refractivity contribution in [1.29, 1.82) is 0 Å². The van der Waals surface area contributed by atoms with Crippen molar-refractivity contribution in [2.24, 2.45) is 0 Å². The van der Waals surface area contributed by atoms with Crippen LogP contribution in [-0.4, -0.2) is 33.4 Å². The van der Waals surface area contributed by atoms with Crippen molar-refractivity contribution in [3.63, 3.8) is 0 Å². The second-order valence-electron chi connectivity index (χ2n) is 3.55. The molecule has 1 atom stereocenters. The van der Waals surface area contributed by atoms with Crippen molar-refractivity contribution in [2.45, 2.75) is 31.7 Å². The van der Waals surface area contributed by atoms with Crippen LogP contribution in [0.4, 0.5) is 0 Å². The van der Waals surface area contributed by atoms with Gasteiger partial charge in [0, 0.05) is 13.0 Å². The van der Waals surface area contributed by atoms with E-state index in [1.807, 2.05) is 6.92 Å². The van der Waals surface area contributed by atoms with Crippen LogP contribution in [0.25, 0.3) is 0 Å². The van der Waals surface area contributed by atoms with Crippen LogP contribution in [0.1, 0.15) is 26.2 Å². The Kier molecular flexibility index (Phi) is 1.25. The number of carbonyl (C=O) groups excluding carboxylic acids is 1. The van der Waals surface area contributed by atoms with Crippen molar-refractivity contribution in [2.75, 3.05) is 6.54 Å². The average molecular weight is 156 g/mol. The van der Waals surface area contributed by atoms with Crippen LogP contribution >= 0.6 is 0 Å². The molecular weight excluding hydrogens is 144 g/mol. The molecule has 1 unspecified atom stereocenters. The molecule has 0 aromatic rings. The number of carbonyl (C=O) groups is 1. The van der Waals surface area contributed by atoms with Crippen LogP contribution in [-0.2, 0) is 4.79 Å². The van der Waals surface area contributed by atoms with E-state index in [9.17, 15) is 10.0 Å². The van der Waals surface area contributed by atoms with Gasteiger partial charge in [0.05, 0.1) is 5.54 Å². The predicted octanol–water partition coefficient (Wildman–Crippen LogP) is 0.377. The summed E-state index contributed by atoms with van der Waals surface area (Å²) in [5.74, 6) is 0.0486. The fourth-order valence-electron chi connectivity index (χ4n) is 1.97. The van der Waals surface area contributed by atoms with Gasteiger partial charge in [0.2, 0.25) is 5.91 Å². The standard InChI is InChI=1S/C7H12N2O2/c1-7-3-2-6(10)9(7)8(11)5-4-7/h11H,2-5H2,1H3. The Labute approximate surface area is 65.3 Å². The lowest BCUT2D eigenvalue weighted by Gasteiger charge is -2.28. The number of rotatable bonds is 0. The van der Waals surface area contributed by atoms with E-state index < -0.39 is 0 Å². The Morgan fingerprint density at radius 3 is 2.91 bits per heavy atom. The van der Waals surface area contributed by atoms with E-state index in [0.717, 1.165) is 18.0 Å². The zero-order valence-corrected chi connectivity index (χ0v) is 6.58. The van der Waals surface area contributed by atoms with Gasteiger partial charge in [-0.1, -0.05) is 5.17 Å². The molecule has 0 radical (unpaired) electrons. The maximum Gasteiger partial charge on any atom is 0.239 e. The van der Waals surface area contributed by atoms with Gasteiger partial charge in [-0.25, -0.2) is 5.01 Å². The van der Waals surface area contributed by atoms with Crippen molar-refractivity contribution in [1.82, 2.24) is 10.2 Å². The van der Waals surface area contributed by atoms with E-state index in [4.69, 9.17) is 0 Å². The molecule has 62 valence electrons. The first kappa shape index (κ1) is 7.06. The van der Waals surface area contributed by atoms with Crippen LogP contribution in [0.3, 0.4) is 0 Å². The molecule has 4 nitrogen and oxygen atoms in total. The molecule has 11 heavy (non-hydrogen) atoms. The number of amides is 1. The van der Waals surface area contributed by atoms with Gasteiger partial charge >= 0.3 is 0 Å². The topological polar surface area (TPSA) is 43.8 Å². The van der Waals surface area contributed by atoms with E-state index in [0.29, 0.717) is 13.0 Å². The molecule has 0 spiro atoms. The highest BCUT2D eigenvalue weighted by atomic mass is 16.6. The van der Waals surface area contributed by atoms with Crippen LogP contribution in [0, 0.1) is 0 Å². The summed E-state index contributed by atoms with van der Waals surface area (Å²) in [4.78, 5) is 11.2. The lowest BCUT2D eigenvalue weighted by atomic mass is 9.97. The van der Waals surface area contributed by atoms with E-state index in [-0.39, 0.29) is 11.4 Å². The zero-order chi connectivity index (χ0) is 8.06. The maximum absolute atomic E-state index is 11.2. The Morgan fingerprint density at radius 2 is 2.27 bits per heavy atom. The number of hydrogen-bond acceptors (Lipinski definition) is 3. The molecule has 0 aliphatic carbocycles. The smallest absolute Gasteiger partial charge is 0.239 e. The van der Waals surface area contributed by atoms with E-state index in [1.165, 1.54) is 5.01 Å². The molecule has 2 rings (SSSR count). The molecule has 2 heterocycles. The summed E-state index contributed by atoms with van der Waals surface area (Å²) in [6, 6.07) is 0. The van der Waals surface area contributed by atoms with Gasteiger partial charge in [-0.15, -0.1) is 0 Å². The number of fused-ring (bicyclic) bond motifs is 1. The molecule has 0 bridgehead atoms. The Balaban J connectivity index is 2.30. The molecule has 0 aromatic heterocycles. The third-order valence-corrected chi connectivity index (χ3v) is 2.71. The molecule has 0 aromatic carbocycles. The fourth-order valence-corrected chi connectivity index (χ4v) is 1.97. The SMILES string of the molecule is CC12CCC(=O)N1N(O)CC2. The average Bonchev–Trinajstić information content (AvgIpc) is 2.38. The maximum atomic E-state index is 11.2. The molecule has 1 amide bonds. The normalized spacial score (nSPS) is 38.4. The first-order valence-electron chi connectivity index (χ1n) is 3.93. The summed E-state index contributed by atoms with van der Waals surface area (Å²) in [6.07, 6.45) is 2.34. The van der Waals surface area contributed by atoms with Gasteiger partial charge in [0.1, 0.15) is 0 Å². The van der Waals surface area contributed by atoms with E-state index >= 15 is 0 Å². The fraction of sp³-hybridized carbons (Fsp3) is 0.857. The highest BCUT2D eigenvalue weighted by Crippen LogP contribution is 2.38. The van der Waals surface area contributed by atoms with Gasteiger partial charge in [-0.05, 0) is 19.8 Å². The Bertz CT molecular complexity index is 207. The van der Waals surface area contributed by atoms with E-state index in [2.05, 4.69) is 0 Å². The van der Waals surface area contributed by atoms with Gasteiger partial charge in [0.15, 0.2) is 0 Å². The number of nitrogens with zero attached hydrogens (tertiary/aromatic N) is 2. The third-order valence-electron chi connectivity index (χ3n) is 2.71. The van der Waals surface area contributed by atoms with Crippen LogP contribution < -0.4 is 0 Å². The molecule has 2 saturated heterocycles. The van der Waals surface area contributed by atoms with Crippen molar-refractivity contribution in [3.05, 3.63) is 0 Å². The van der Waals surface area contributed by atoms with Gasteiger partial charge < -0.3 is 0 Å². The van der Waals surface area contributed by atoms with Crippen LogP contribution in [0.15, 0.2) is 0 Å². The predicted molar refractivity (Wildman–Crippen MR) is 37.6 cm³/mol. The summed E-state index contributed by atoms with van der Waals surface area (Å²) in [6.45, 7) is 2.61. The highest BCUT2D eigenvalue weighted by molar-refractivity contribution is 5.79. The molecule has 4 heteroatoms. The molecule has 2 aliphatic heterocycles. The van der Waals surface area contributed by atoms with Gasteiger partial charge in [-0.2, -0.15) is 0 Å². The monoisotopic (exact) mass is 156 g/mol. The quantitative estimate of drug-likeness (QED) is 0.551. The molecule has 1 N–H and O–H groups in total. The van der Waals surface area contributed by atoms with Crippen molar-refractivity contribution >= 4 is 5.91 Å². The number of hydroxylamine groups is 1. The molecule has 2 fully saturated rings. The third kappa shape index (κ3) is 0.795. The summed E-state index contributed by atoms with van der Waals surface area (Å²) in [7, 11) is 0. The summed E-state index contributed by atoms with van der Waals surface area (Å²) >= 11 is 0. The summed E-state index contributed by atoms with van der Waals surface area (Å²) in [5, 5.41) is 11.8. The van der Waals surface area contributed by atoms with Crippen LogP contribution in [0.5, 0.6) is 0 Å². The minimum atomic E-state index is -0.0914. The first-order chi connectivity index (χ1) is 5.13. The van der Waals surface area contributed by atoms with Crippen molar-refractivity contribution in [3.8, 4) is 0 Å². The highest BCUT2D eigenvalue weighted by Gasteiger charge is 2.49. The van der Waals surface area contributed by atoms with E-state index in [1.54, 1.807) is 0 Å². The lowest BCUT2D eigenvalue weighted by molar-refractivity contribution is -0.228. The zero-order valence-electron chi connectivity index (χ0n) is 6.58. The minimum Gasteiger partial charge on any atom is -0.294 e. The minimum absolute atomic E-state index is 0.0486. The lowest BCUT2D eigenvalue weighted by Crippen LogP contribution is -2.44. The Hall–Kier alpha value is -0.610. The van der Waals surface area contributed by atoms with Gasteiger partial charge in [-0.3, -0.25) is 10.0 Å². The van der Waals surface area contributed by atoms with Crippen molar-refractivity contribution < 1.29 is 10.0 Å². The summed E-state index contributed by atoms with van der Waals surface area (Å²) in [5.41, 5.74) is -0.0914.